The summed E-state index contributed by atoms with van der Waals surface area (Å²) < 4.78 is 31.3. The number of anilines is 1. The van der Waals surface area contributed by atoms with Gasteiger partial charge in [0.2, 0.25) is 15.9 Å². The second-order valence-corrected chi connectivity index (χ2v) is 10.6. The Kier molecular flexibility index (Phi) is 5.96. The van der Waals surface area contributed by atoms with Crippen LogP contribution in [0.25, 0.3) is 11.0 Å². The Hall–Kier alpha value is -2.56. The van der Waals surface area contributed by atoms with E-state index in [0.717, 1.165) is 40.9 Å². The summed E-state index contributed by atoms with van der Waals surface area (Å²) in [6.45, 7) is 0.615. The van der Waals surface area contributed by atoms with Crippen molar-refractivity contribution >= 4 is 44.4 Å². The number of carbonyl (C=O) groups excluding carboxylic acids is 1. The lowest BCUT2D eigenvalue weighted by molar-refractivity contribution is -0.116. The molecule has 1 N–H and O–H groups in total. The van der Waals surface area contributed by atoms with Gasteiger partial charge in [-0.3, -0.25) is 4.79 Å². The Morgan fingerprint density at radius 3 is 2.81 bits per heavy atom. The number of aryl methyl sites for hydroxylation is 1. The summed E-state index contributed by atoms with van der Waals surface area (Å²) in [5.74, 6) is 0.935. The van der Waals surface area contributed by atoms with Gasteiger partial charge < -0.3 is 14.6 Å². The number of H-pyrrole nitrogens is 1. The number of aromatic amines is 1. The number of rotatable bonds is 6. The van der Waals surface area contributed by atoms with Gasteiger partial charge in [-0.1, -0.05) is 11.8 Å². The first-order valence-electron chi connectivity index (χ1n) is 9.82. The predicted molar refractivity (Wildman–Crippen MR) is 121 cm³/mol. The number of hydrogen-bond donors (Lipinski definition) is 1. The molecule has 1 aliphatic rings. The molecule has 0 saturated carbocycles. The van der Waals surface area contributed by atoms with Gasteiger partial charge in [-0.15, -0.1) is 0 Å². The van der Waals surface area contributed by atoms with Gasteiger partial charge in [0, 0.05) is 32.4 Å². The van der Waals surface area contributed by atoms with Crippen LogP contribution < -0.4 is 9.64 Å². The number of nitrogens with one attached hydrogen (secondary N) is 1. The standard InChI is InChI=1S/C21H24N4O4S2/c1-24(2)31(27,28)16-7-9-19-14(11-16)5-4-10-25(19)20(26)13-30-21-22-17-8-6-15(29-3)12-18(17)23-21/h6-9,11-12H,4-5,10,13H2,1-3H3,(H,22,23). The lowest BCUT2D eigenvalue weighted by atomic mass is 10.0. The van der Waals surface area contributed by atoms with Gasteiger partial charge in [0.25, 0.3) is 0 Å². The summed E-state index contributed by atoms with van der Waals surface area (Å²) >= 11 is 1.35. The van der Waals surface area contributed by atoms with E-state index >= 15 is 0 Å². The van der Waals surface area contributed by atoms with Gasteiger partial charge in [0.1, 0.15) is 5.75 Å². The zero-order valence-electron chi connectivity index (χ0n) is 17.6. The Morgan fingerprint density at radius 1 is 1.26 bits per heavy atom. The van der Waals surface area contributed by atoms with Crippen molar-refractivity contribution in [3.8, 4) is 5.75 Å². The van der Waals surface area contributed by atoms with E-state index in [1.54, 1.807) is 30.2 Å². The van der Waals surface area contributed by atoms with Crippen molar-refractivity contribution in [2.24, 2.45) is 0 Å². The molecule has 0 saturated heterocycles. The monoisotopic (exact) mass is 460 g/mol. The molecule has 2 heterocycles. The lowest BCUT2D eigenvalue weighted by Gasteiger charge is -2.30. The number of ether oxygens (including phenoxy) is 1. The number of hydrogen-bond acceptors (Lipinski definition) is 6. The molecule has 8 nitrogen and oxygen atoms in total. The summed E-state index contributed by atoms with van der Waals surface area (Å²) in [6.07, 6.45) is 1.54. The van der Waals surface area contributed by atoms with Crippen LogP contribution in [0.4, 0.5) is 5.69 Å². The Balaban J connectivity index is 1.50. The topological polar surface area (TPSA) is 95.6 Å². The van der Waals surface area contributed by atoms with Crippen molar-refractivity contribution in [3.63, 3.8) is 0 Å². The fourth-order valence-electron chi connectivity index (χ4n) is 3.57. The van der Waals surface area contributed by atoms with Crippen molar-refractivity contribution in [2.45, 2.75) is 22.9 Å². The molecule has 0 radical (unpaired) electrons. The normalized spacial score (nSPS) is 14.1. The van der Waals surface area contributed by atoms with E-state index < -0.39 is 10.0 Å². The maximum Gasteiger partial charge on any atom is 0.242 e. The Morgan fingerprint density at radius 2 is 2.06 bits per heavy atom. The van der Waals surface area contributed by atoms with Crippen LogP contribution in [0.3, 0.4) is 0 Å². The molecule has 1 aliphatic heterocycles. The van der Waals surface area contributed by atoms with Gasteiger partial charge >= 0.3 is 0 Å². The third kappa shape index (κ3) is 4.28. The third-order valence-electron chi connectivity index (χ3n) is 5.25. The van der Waals surface area contributed by atoms with Gasteiger partial charge in [-0.25, -0.2) is 17.7 Å². The maximum absolute atomic E-state index is 13.0. The highest BCUT2D eigenvalue weighted by molar-refractivity contribution is 7.99. The fourth-order valence-corrected chi connectivity index (χ4v) is 5.29. The van der Waals surface area contributed by atoms with Gasteiger partial charge in [0.05, 0.1) is 28.8 Å². The SMILES string of the molecule is COc1ccc2nc(SCC(=O)N3CCCc4cc(S(=O)(=O)N(C)C)ccc43)[nH]c2c1. The minimum absolute atomic E-state index is 0.0350. The van der Waals surface area contributed by atoms with E-state index in [1.807, 2.05) is 18.2 Å². The van der Waals surface area contributed by atoms with E-state index in [-0.39, 0.29) is 16.6 Å². The third-order valence-corrected chi connectivity index (χ3v) is 7.92. The van der Waals surface area contributed by atoms with E-state index in [4.69, 9.17) is 4.74 Å². The fraction of sp³-hybridized carbons (Fsp3) is 0.333. The van der Waals surface area contributed by atoms with Crippen LogP contribution in [0.1, 0.15) is 12.0 Å². The molecule has 1 amide bonds. The van der Waals surface area contributed by atoms with Crippen LogP contribution in [0.15, 0.2) is 46.5 Å². The molecule has 0 fully saturated rings. The number of aromatic nitrogens is 2. The highest BCUT2D eigenvalue weighted by Crippen LogP contribution is 2.31. The number of fused-ring (bicyclic) bond motifs is 2. The highest BCUT2D eigenvalue weighted by atomic mass is 32.2. The van der Waals surface area contributed by atoms with E-state index in [1.165, 1.54) is 30.2 Å². The molecule has 0 spiro atoms. The van der Waals surface area contributed by atoms with Crippen LogP contribution in [-0.4, -0.2) is 62.1 Å². The van der Waals surface area contributed by atoms with E-state index in [0.29, 0.717) is 11.7 Å². The van der Waals surface area contributed by atoms with Gasteiger partial charge in [-0.05, 0) is 48.7 Å². The number of nitrogens with zero attached hydrogens (tertiary/aromatic N) is 3. The average molecular weight is 461 g/mol. The molecule has 1 aromatic heterocycles. The van der Waals surface area contributed by atoms with Crippen molar-refractivity contribution in [2.75, 3.05) is 38.4 Å². The van der Waals surface area contributed by atoms with Gasteiger partial charge in [-0.2, -0.15) is 0 Å². The van der Waals surface area contributed by atoms with Crippen molar-refractivity contribution in [1.29, 1.82) is 0 Å². The quantitative estimate of drug-likeness (QED) is 0.569. The molecular formula is C21H24N4O4S2. The molecule has 0 atom stereocenters. The minimum atomic E-state index is -3.51. The first-order valence-corrected chi connectivity index (χ1v) is 12.2. The Labute approximate surface area is 185 Å². The molecule has 31 heavy (non-hydrogen) atoms. The summed E-state index contributed by atoms with van der Waals surface area (Å²) in [7, 11) is 1.12. The summed E-state index contributed by atoms with van der Waals surface area (Å²) in [5.41, 5.74) is 3.33. The first kappa shape index (κ1) is 21.7. The predicted octanol–water partition coefficient (Wildman–Crippen LogP) is 2.89. The van der Waals surface area contributed by atoms with E-state index in [2.05, 4.69) is 9.97 Å². The molecule has 0 unspecified atom stereocenters. The Bertz CT molecular complexity index is 1240. The van der Waals surface area contributed by atoms with Crippen LogP contribution in [0.5, 0.6) is 5.75 Å². The second-order valence-electron chi connectivity index (χ2n) is 7.44. The molecule has 10 heteroatoms. The molecule has 4 rings (SSSR count). The number of sulfonamides is 1. The van der Waals surface area contributed by atoms with Crippen LogP contribution in [-0.2, 0) is 21.2 Å². The number of amides is 1. The zero-order valence-corrected chi connectivity index (χ0v) is 19.2. The highest BCUT2D eigenvalue weighted by Gasteiger charge is 2.26. The lowest BCUT2D eigenvalue weighted by Crippen LogP contribution is -2.37. The molecule has 0 bridgehead atoms. The molecule has 2 aromatic carbocycles. The van der Waals surface area contributed by atoms with Crippen LogP contribution in [0.2, 0.25) is 0 Å². The second kappa shape index (κ2) is 8.52. The number of methoxy groups -OCH3 is 1. The van der Waals surface area contributed by atoms with Crippen molar-refractivity contribution < 1.29 is 17.9 Å². The van der Waals surface area contributed by atoms with Crippen molar-refractivity contribution in [1.82, 2.24) is 14.3 Å². The molecule has 164 valence electrons. The average Bonchev–Trinajstić information content (AvgIpc) is 3.18. The van der Waals surface area contributed by atoms with Crippen LogP contribution in [0, 0.1) is 0 Å². The largest absolute Gasteiger partial charge is 0.497 e. The zero-order chi connectivity index (χ0) is 22.2. The summed E-state index contributed by atoms with van der Waals surface area (Å²) in [5, 5.41) is 0.668. The smallest absolute Gasteiger partial charge is 0.242 e. The van der Waals surface area contributed by atoms with Crippen LogP contribution >= 0.6 is 11.8 Å². The maximum atomic E-state index is 13.0. The number of benzene rings is 2. The van der Waals surface area contributed by atoms with E-state index in [9.17, 15) is 13.2 Å². The van der Waals surface area contributed by atoms with Crippen molar-refractivity contribution in [3.05, 3.63) is 42.0 Å². The summed E-state index contributed by atoms with van der Waals surface area (Å²) in [4.78, 5) is 22.7. The molecular weight excluding hydrogens is 436 g/mol. The number of imidazole rings is 1. The molecule has 3 aromatic rings. The number of thioether (sulfide) groups is 1. The minimum Gasteiger partial charge on any atom is -0.497 e. The summed E-state index contributed by atoms with van der Waals surface area (Å²) in [6, 6.07) is 10.6. The number of carbonyl (C=O) groups is 1. The first-order chi connectivity index (χ1) is 14.8. The molecule has 0 aliphatic carbocycles. The van der Waals surface area contributed by atoms with Gasteiger partial charge in [0.15, 0.2) is 5.16 Å².